The number of Topliss-reactive ketones (excluding diaryl/α,β-unsaturated/α-hetero) is 1. The van der Waals surface area contributed by atoms with E-state index in [1.54, 1.807) is 26.0 Å². The van der Waals surface area contributed by atoms with Gasteiger partial charge in [0.05, 0.1) is 6.42 Å². The zero-order chi connectivity index (χ0) is 13.2. The second-order valence-electron chi connectivity index (χ2n) is 3.96. The van der Waals surface area contributed by atoms with Gasteiger partial charge in [-0.3, -0.25) is 4.79 Å². The third-order valence-corrected chi connectivity index (χ3v) is 3.64. The Morgan fingerprint density at radius 1 is 1.24 bits per heavy atom. The summed E-state index contributed by atoms with van der Waals surface area (Å²) in [6.45, 7) is 3.61. The van der Waals surface area contributed by atoms with Gasteiger partial charge < -0.3 is 0 Å². The van der Waals surface area contributed by atoms with Gasteiger partial charge in [0, 0.05) is 16.5 Å². The fourth-order valence-corrected chi connectivity index (χ4v) is 1.74. The monoisotopic (exact) mass is 308 g/mol. The minimum atomic E-state index is -4.28. The van der Waals surface area contributed by atoms with Gasteiger partial charge in [0.1, 0.15) is 0 Å². The number of hydrogen-bond donors (Lipinski definition) is 0. The number of carbonyl (C=O) groups is 1. The van der Waals surface area contributed by atoms with Crippen LogP contribution in [0.5, 0.6) is 0 Å². The molecule has 0 aliphatic carbocycles. The van der Waals surface area contributed by atoms with Crippen LogP contribution < -0.4 is 0 Å². The van der Waals surface area contributed by atoms with Crippen LogP contribution in [0.3, 0.4) is 0 Å². The average molecular weight is 309 g/mol. The quantitative estimate of drug-likeness (QED) is 0.746. The van der Waals surface area contributed by atoms with Crippen molar-refractivity contribution in [3.05, 3.63) is 33.3 Å². The van der Waals surface area contributed by atoms with Crippen LogP contribution in [-0.2, 0) is 0 Å². The summed E-state index contributed by atoms with van der Waals surface area (Å²) in [6.07, 6.45) is -5.85. The zero-order valence-corrected chi connectivity index (χ0v) is 11.1. The lowest BCUT2D eigenvalue weighted by Crippen LogP contribution is -2.11. The van der Waals surface area contributed by atoms with E-state index in [4.69, 9.17) is 0 Å². The molecule has 0 saturated heterocycles. The fraction of sp³-hybridized carbons (Fsp3) is 0.417. The van der Waals surface area contributed by atoms with E-state index in [2.05, 4.69) is 15.9 Å². The second kappa shape index (κ2) is 5.21. The van der Waals surface area contributed by atoms with Gasteiger partial charge in [0.15, 0.2) is 5.78 Å². The summed E-state index contributed by atoms with van der Waals surface area (Å²) in [5, 5.41) is 0. The maximum atomic E-state index is 12.0. The molecule has 1 rings (SSSR count). The standard InChI is InChI=1S/C12H12BrF3O/c1-7-5-9(6-8(2)11(7)13)10(17)3-4-12(14,15)16/h5-6H,3-4H2,1-2H3. The van der Waals surface area contributed by atoms with Gasteiger partial charge in [0.2, 0.25) is 0 Å². The topological polar surface area (TPSA) is 17.1 Å². The lowest BCUT2D eigenvalue weighted by atomic mass is 10.0. The molecule has 1 aromatic carbocycles. The summed E-state index contributed by atoms with van der Waals surface area (Å²) in [6, 6.07) is 3.21. The molecule has 0 heterocycles. The van der Waals surface area contributed by atoms with Crippen molar-refractivity contribution in [2.45, 2.75) is 32.9 Å². The molecule has 94 valence electrons. The van der Waals surface area contributed by atoms with Crippen LogP contribution in [0.2, 0.25) is 0 Å². The molecule has 1 nitrogen and oxygen atoms in total. The van der Waals surface area contributed by atoms with Crippen molar-refractivity contribution in [1.82, 2.24) is 0 Å². The summed E-state index contributed by atoms with van der Waals surface area (Å²) in [5.41, 5.74) is 2.04. The van der Waals surface area contributed by atoms with Crippen molar-refractivity contribution in [2.75, 3.05) is 0 Å². The molecular formula is C12H12BrF3O. The molecule has 0 spiro atoms. The largest absolute Gasteiger partial charge is 0.389 e. The maximum Gasteiger partial charge on any atom is 0.389 e. The third kappa shape index (κ3) is 4.15. The van der Waals surface area contributed by atoms with E-state index in [9.17, 15) is 18.0 Å². The Labute approximate surface area is 106 Å². The molecule has 0 amide bonds. The first-order valence-electron chi connectivity index (χ1n) is 5.07. The average Bonchev–Trinajstić information content (AvgIpc) is 2.20. The van der Waals surface area contributed by atoms with Gasteiger partial charge in [-0.25, -0.2) is 0 Å². The highest BCUT2D eigenvalue weighted by Gasteiger charge is 2.28. The van der Waals surface area contributed by atoms with Crippen LogP contribution >= 0.6 is 15.9 Å². The Balaban J connectivity index is 2.84. The van der Waals surface area contributed by atoms with Crippen LogP contribution in [0.1, 0.15) is 34.3 Å². The summed E-state index contributed by atoms with van der Waals surface area (Å²) in [4.78, 5) is 11.6. The van der Waals surface area contributed by atoms with Gasteiger partial charge in [-0.05, 0) is 37.1 Å². The van der Waals surface area contributed by atoms with E-state index >= 15 is 0 Å². The molecule has 0 radical (unpaired) electrons. The lowest BCUT2D eigenvalue weighted by molar-refractivity contribution is -0.133. The van der Waals surface area contributed by atoms with E-state index < -0.39 is 24.8 Å². The van der Waals surface area contributed by atoms with Crippen molar-refractivity contribution in [3.63, 3.8) is 0 Å². The van der Waals surface area contributed by atoms with Gasteiger partial charge in [0.25, 0.3) is 0 Å². The Morgan fingerprint density at radius 2 is 1.71 bits per heavy atom. The van der Waals surface area contributed by atoms with Crippen molar-refractivity contribution < 1.29 is 18.0 Å². The Kier molecular flexibility index (Phi) is 4.36. The van der Waals surface area contributed by atoms with Gasteiger partial charge >= 0.3 is 6.18 Å². The molecule has 0 N–H and O–H groups in total. The Hall–Kier alpha value is -0.840. The number of hydrogen-bond acceptors (Lipinski definition) is 1. The van der Waals surface area contributed by atoms with Gasteiger partial charge in [-0.2, -0.15) is 13.2 Å². The SMILES string of the molecule is Cc1cc(C(=O)CCC(F)(F)F)cc(C)c1Br. The minimum absolute atomic E-state index is 0.340. The molecule has 0 aliphatic heterocycles. The van der Waals surface area contributed by atoms with E-state index in [1.807, 2.05) is 0 Å². The number of carbonyl (C=O) groups excluding carboxylic acids is 1. The van der Waals surface area contributed by atoms with Crippen LogP contribution in [0.15, 0.2) is 16.6 Å². The third-order valence-electron chi connectivity index (χ3n) is 2.39. The van der Waals surface area contributed by atoms with Gasteiger partial charge in [-0.1, -0.05) is 15.9 Å². The minimum Gasteiger partial charge on any atom is -0.294 e. The van der Waals surface area contributed by atoms with Crippen molar-refractivity contribution in [1.29, 1.82) is 0 Å². The molecule has 0 aromatic heterocycles. The van der Waals surface area contributed by atoms with E-state index in [0.29, 0.717) is 5.56 Å². The molecular weight excluding hydrogens is 297 g/mol. The van der Waals surface area contributed by atoms with Crippen molar-refractivity contribution in [2.24, 2.45) is 0 Å². The molecule has 17 heavy (non-hydrogen) atoms. The lowest BCUT2D eigenvalue weighted by Gasteiger charge is -2.08. The first-order chi connectivity index (χ1) is 7.70. The predicted octanol–water partition coefficient (Wildman–Crippen LogP) is 4.59. The molecule has 1 aromatic rings. The fourth-order valence-electron chi connectivity index (χ4n) is 1.51. The molecule has 0 aliphatic rings. The van der Waals surface area contributed by atoms with Crippen LogP contribution in [0.4, 0.5) is 13.2 Å². The number of rotatable bonds is 3. The Morgan fingerprint density at radius 3 is 2.12 bits per heavy atom. The molecule has 5 heteroatoms. The molecule has 0 atom stereocenters. The van der Waals surface area contributed by atoms with Crippen molar-refractivity contribution in [3.8, 4) is 0 Å². The van der Waals surface area contributed by atoms with Crippen LogP contribution in [0.25, 0.3) is 0 Å². The molecule has 0 fully saturated rings. The zero-order valence-electron chi connectivity index (χ0n) is 9.49. The van der Waals surface area contributed by atoms with Crippen LogP contribution in [-0.4, -0.2) is 12.0 Å². The van der Waals surface area contributed by atoms with Crippen LogP contribution in [0, 0.1) is 13.8 Å². The molecule has 0 unspecified atom stereocenters. The predicted molar refractivity (Wildman–Crippen MR) is 63.2 cm³/mol. The second-order valence-corrected chi connectivity index (χ2v) is 4.76. The summed E-state index contributed by atoms with van der Waals surface area (Å²) in [7, 11) is 0. The number of benzene rings is 1. The highest BCUT2D eigenvalue weighted by atomic mass is 79.9. The number of ketones is 1. The smallest absolute Gasteiger partial charge is 0.294 e. The Bertz CT molecular complexity index is 415. The number of aryl methyl sites for hydroxylation is 2. The number of halogens is 4. The molecule has 0 bridgehead atoms. The first-order valence-corrected chi connectivity index (χ1v) is 5.86. The number of alkyl halides is 3. The normalized spacial score (nSPS) is 11.6. The summed E-state index contributed by atoms with van der Waals surface area (Å²) in [5.74, 6) is -0.471. The molecule has 0 saturated carbocycles. The van der Waals surface area contributed by atoms with Gasteiger partial charge in [-0.15, -0.1) is 0 Å². The van der Waals surface area contributed by atoms with E-state index in [1.165, 1.54) is 0 Å². The highest BCUT2D eigenvalue weighted by Crippen LogP contribution is 2.26. The van der Waals surface area contributed by atoms with E-state index in [0.717, 1.165) is 15.6 Å². The van der Waals surface area contributed by atoms with E-state index in [-0.39, 0.29) is 0 Å². The maximum absolute atomic E-state index is 12.0. The highest BCUT2D eigenvalue weighted by molar-refractivity contribution is 9.10. The summed E-state index contributed by atoms with van der Waals surface area (Å²) < 4.78 is 36.9. The summed E-state index contributed by atoms with van der Waals surface area (Å²) >= 11 is 3.34. The first kappa shape index (κ1) is 14.2. The van der Waals surface area contributed by atoms with Crippen molar-refractivity contribution >= 4 is 21.7 Å².